The van der Waals surface area contributed by atoms with E-state index in [1.54, 1.807) is 0 Å². The second kappa shape index (κ2) is 7.22. The molecule has 0 amide bonds. The van der Waals surface area contributed by atoms with Gasteiger partial charge in [0.1, 0.15) is 5.84 Å². The van der Waals surface area contributed by atoms with Crippen LogP contribution in [-0.2, 0) is 0 Å². The summed E-state index contributed by atoms with van der Waals surface area (Å²) in [5, 5.41) is 6.32. The summed E-state index contributed by atoms with van der Waals surface area (Å²) in [4.78, 5) is 12.0. The zero-order valence-corrected chi connectivity index (χ0v) is 15.7. The summed E-state index contributed by atoms with van der Waals surface area (Å²) < 4.78 is 1.88. The lowest BCUT2D eigenvalue weighted by atomic mass is 10.2. The Bertz CT molecular complexity index is 824. The second-order valence-corrected chi connectivity index (χ2v) is 7.58. The number of fused-ring (bicyclic) bond motifs is 3. The van der Waals surface area contributed by atoms with E-state index in [1.807, 2.05) is 46.9 Å². The monoisotopic (exact) mass is 373 g/mol. The zero-order chi connectivity index (χ0) is 17.2. The standard InChI is InChI=1S/C18H20ClN5S/c1-2-3-11-25-18-22-17-15(16-20-9-4-10-23(16)18)12-21-24(17)14-7-5-13(19)6-8-14/h5-8,12H,2-4,9-11H2,1H3. The molecule has 2 aliphatic rings. The molecule has 0 radical (unpaired) electrons. The van der Waals surface area contributed by atoms with Gasteiger partial charge in [-0.05, 0) is 37.1 Å². The molecule has 1 aromatic carbocycles. The molecule has 0 bridgehead atoms. The molecule has 0 spiro atoms. The van der Waals surface area contributed by atoms with Crippen molar-refractivity contribution in [2.45, 2.75) is 26.2 Å². The molecular formula is C18H20ClN5S. The summed E-state index contributed by atoms with van der Waals surface area (Å²) in [7, 11) is 0. The van der Waals surface area contributed by atoms with E-state index in [2.05, 4.69) is 16.9 Å². The predicted octanol–water partition coefficient (Wildman–Crippen LogP) is 4.51. The summed E-state index contributed by atoms with van der Waals surface area (Å²) in [6.45, 7) is 4.05. The Morgan fingerprint density at radius 2 is 2.08 bits per heavy atom. The zero-order valence-electron chi connectivity index (χ0n) is 14.2. The quantitative estimate of drug-likeness (QED) is 0.740. The van der Waals surface area contributed by atoms with Gasteiger partial charge in [0.05, 0.1) is 17.4 Å². The van der Waals surface area contributed by atoms with E-state index in [1.165, 1.54) is 12.8 Å². The Morgan fingerprint density at radius 3 is 2.88 bits per heavy atom. The minimum atomic E-state index is 0.715. The van der Waals surface area contributed by atoms with Crippen LogP contribution in [-0.4, -0.2) is 44.5 Å². The first-order valence-electron chi connectivity index (χ1n) is 8.65. The highest BCUT2D eigenvalue weighted by Crippen LogP contribution is 2.33. The average molecular weight is 374 g/mol. The van der Waals surface area contributed by atoms with E-state index >= 15 is 0 Å². The van der Waals surface area contributed by atoms with E-state index in [0.717, 1.165) is 53.3 Å². The molecule has 0 saturated heterocycles. The highest BCUT2D eigenvalue weighted by Gasteiger charge is 2.31. The van der Waals surface area contributed by atoms with Gasteiger partial charge in [0.25, 0.3) is 0 Å². The molecule has 0 N–H and O–H groups in total. The third kappa shape index (κ3) is 3.20. The van der Waals surface area contributed by atoms with Gasteiger partial charge in [0, 0.05) is 23.9 Å². The maximum Gasteiger partial charge on any atom is 0.171 e. The van der Waals surface area contributed by atoms with Crippen molar-refractivity contribution in [3.8, 4) is 5.69 Å². The number of nitrogens with zero attached hydrogens (tertiary/aromatic N) is 5. The van der Waals surface area contributed by atoms with Gasteiger partial charge >= 0.3 is 0 Å². The largest absolute Gasteiger partial charge is 0.305 e. The number of unbranched alkanes of at least 4 members (excludes halogenated alkanes) is 1. The van der Waals surface area contributed by atoms with Crippen molar-refractivity contribution in [2.75, 3.05) is 18.8 Å². The topological polar surface area (TPSA) is 45.8 Å². The molecule has 0 aliphatic carbocycles. The lowest BCUT2D eigenvalue weighted by Gasteiger charge is -2.32. The van der Waals surface area contributed by atoms with E-state index < -0.39 is 0 Å². The molecule has 7 heteroatoms. The fourth-order valence-electron chi connectivity index (χ4n) is 2.97. The number of amidine groups is 2. The van der Waals surface area contributed by atoms with E-state index in [0.29, 0.717) is 5.02 Å². The third-order valence-electron chi connectivity index (χ3n) is 4.27. The Balaban J connectivity index is 1.76. The van der Waals surface area contributed by atoms with Gasteiger partial charge in [-0.2, -0.15) is 5.10 Å². The first kappa shape index (κ1) is 16.7. The number of hydrogen-bond acceptors (Lipinski definition) is 5. The van der Waals surface area contributed by atoms with Crippen molar-refractivity contribution in [3.05, 3.63) is 41.0 Å². The van der Waals surface area contributed by atoms with Crippen molar-refractivity contribution in [2.24, 2.45) is 9.98 Å². The molecule has 130 valence electrons. The molecule has 3 heterocycles. The Kier molecular flexibility index (Phi) is 4.81. The molecule has 0 atom stereocenters. The van der Waals surface area contributed by atoms with Gasteiger partial charge in [0.2, 0.25) is 0 Å². The summed E-state index contributed by atoms with van der Waals surface area (Å²) in [6, 6.07) is 7.67. The number of hydrogen-bond donors (Lipinski definition) is 0. The molecule has 2 aliphatic heterocycles. The first-order chi connectivity index (χ1) is 12.3. The van der Waals surface area contributed by atoms with Crippen molar-refractivity contribution in [3.63, 3.8) is 0 Å². The number of rotatable bonds is 4. The molecule has 2 aromatic rings. The molecule has 4 rings (SSSR count). The minimum Gasteiger partial charge on any atom is -0.305 e. The third-order valence-corrected chi connectivity index (χ3v) is 5.59. The lowest BCUT2D eigenvalue weighted by molar-refractivity contribution is 0.553. The first-order valence-corrected chi connectivity index (χ1v) is 10.0. The van der Waals surface area contributed by atoms with E-state index in [4.69, 9.17) is 21.6 Å². The Morgan fingerprint density at radius 1 is 1.24 bits per heavy atom. The summed E-state index contributed by atoms with van der Waals surface area (Å²) in [5.41, 5.74) is 1.96. The number of thioether (sulfide) groups is 1. The van der Waals surface area contributed by atoms with Gasteiger partial charge in [0.15, 0.2) is 11.0 Å². The summed E-state index contributed by atoms with van der Waals surface area (Å²) in [5.74, 6) is 2.94. The van der Waals surface area contributed by atoms with Crippen molar-refractivity contribution in [1.82, 2.24) is 14.7 Å². The van der Waals surface area contributed by atoms with Crippen LogP contribution in [0.25, 0.3) is 5.69 Å². The maximum atomic E-state index is 6.02. The molecule has 1 aromatic heterocycles. The Hall–Kier alpha value is -1.79. The van der Waals surface area contributed by atoms with Crippen LogP contribution in [0, 0.1) is 0 Å². The fraction of sp³-hybridized carbons (Fsp3) is 0.389. The van der Waals surface area contributed by atoms with Gasteiger partial charge in [-0.15, -0.1) is 0 Å². The lowest BCUT2D eigenvalue weighted by Crippen LogP contribution is -2.41. The number of aromatic nitrogens is 2. The Labute approximate surface area is 156 Å². The highest BCUT2D eigenvalue weighted by atomic mass is 35.5. The van der Waals surface area contributed by atoms with Gasteiger partial charge in [-0.3, -0.25) is 4.99 Å². The normalized spacial score (nSPS) is 16.2. The van der Waals surface area contributed by atoms with E-state index in [9.17, 15) is 0 Å². The highest BCUT2D eigenvalue weighted by molar-refractivity contribution is 8.13. The summed E-state index contributed by atoms with van der Waals surface area (Å²) >= 11 is 7.83. The minimum absolute atomic E-state index is 0.715. The number of aliphatic imine (C=N–C) groups is 2. The second-order valence-electron chi connectivity index (χ2n) is 6.08. The van der Waals surface area contributed by atoms with Crippen molar-refractivity contribution in [1.29, 1.82) is 0 Å². The van der Waals surface area contributed by atoms with Crippen LogP contribution in [0.1, 0.15) is 31.7 Å². The maximum absolute atomic E-state index is 6.02. The van der Waals surface area contributed by atoms with Crippen LogP contribution in [0.5, 0.6) is 0 Å². The number of benzene rings is 1. The smallest absolute Gasteiger partial charge is 0.171 e. The molecular weight excluding hydrogens is 354 g/mol. The van der Waals surface area contributed by atoms with Crippen LogP contribution < -0.4 is 0 Å². The van der Waals surface area contributed by atoms with Crippen LogP contribution in [0.15, 0.2) is 40.4 Å². The molecule has 25 heavy (non-hydrogen) atoms. The SMILES string of the molecule is CCCCSC1=Nc2c(cnn2-c2ccc(Cl)cc2)C2=NCCCN12. The average Bonchev–Trinajstić information content (AvgIpc) is 3.07. The number of halogens is 1. The predicted molar refractivity (Wildman–Crippen MR) is 106 cm³/mol. The molecule has 0 unspecified atom stereocenters. The van der Waals surface area contributed by atoms with Crippen molar-refractivity contribution >= 4 is 40.2 Å². The fourth-order valence-corrected chi connectivity index (χ4v) is 4.20. The van der Waals surface area contributed by atoms with Gasteiger partial charge in [-0.25, -0.2) is 9.67 Å². The molecule has 0 saturated carbocycles. The molecule has 5 nitrogen and oxygen atoms in total. The van der Waals surface area contributed by atoms with E-state index in [-0.39, 0.29) is 0 Å². The van der Waals surface area contributed by atoms with Crippen LogP contribution in [0.4, 0.5) is 5.82 Å². The van der Waals surface area contributed by atoms with Gasteiger partial charge in [-0.1, -0.05) is 36.7 Å². The van der Waals surface area contributed by atoms with Crippen LogP contribution in [0.2, 0.25) is 5.02 Å². The van der Waals surface area contributed by atoms with Crippen LogP contribution in [0.3, 0.4) is 0 Å². The van der Waals surface area contributed by atoms with Crippen LogP contribution >= 0.6 is 23.4 Å². The van der Waals surface area contributed by atoms with Crippen molar-refractivity contribution < 1.29 is 0 Å². The summed E-state index contributed by atoms with van der Waals surface area (Å²) in [6.07, 6.45) is 5.32. The van der Waals surface area contributed by atoms with Gasteiger partial charge < -0.3 is 4.90 Å². The molecule has 0 fully saturated rings.